The third-order valence-electron chi connectivity index (χ3n) is 3.79. The van der Waals surface area contributed by atoms with Crippen molar-refractivity contribution in [2.24, 2.45) is 0 Å². The molecular formula is C10H14N4NaO14P3. The summed E-state index contributed by atoms with van der Waals surface area (Å²) in [7, 11) is -17.1. The second-order valence-corrected chi connectivity index (χ2v) is 10.3. The number of aromatic amines is 1. The van der Waals surface area contributed by atoms with Gasteiger partial charge in [-0.05, 0) is 0 Å². The molecule has 1 fully saturated rings. The van der Waals surface area contributed by atoms with Crippen molar-refractivity contribution in [3.63, 3.8) is 0 Å². The number of ether oxygens (including phenoxy) is 1. The van der Waals surface area contributed by atoms with E-state index in [1.807, 2.05) is 0 Å². The first kappa shape index (κ1) is 27.9. The summed E-state index contributed by atoms with van der Waals surface area (Å²) in [6.45, 7) is -1.00. The van der Waals surface area contributed by atoms with E-state index >= 15 is 0 Å². The van der Waals surface area contributed by atoms with Gasteiger partial charge in [0.05, 0.1) is 19.3 Å². The number of nitrogens with zero attached hydrogens (tertiary/aromatic N) is 3. The molecule has 3 rings (SSSR count). The maximum Gasteiger partial charge on any atom is 1.00 e. The fourth-order valence-corrected chi connectivity index (χ4v) is 5.61. The second kappa shape index (κ2) is 10.1. The normalized spacial score (nSPS) is 29.1. The van der Waals surface area contributed by atoms with Crippen molar-refractivity contribution in [2.75, 3.05) is 6.61 Å². The molecule has 0 spiro atoms. The largest absolute Gasteiger partial charge is 1.00 e. The Morgan fingerprint density at radius 2 is 1.78 bits per heavy atom. The van der Waals surface area contributed by atoms with E-state index in [1.165, 1.54) is 0 Å². The average Bonchev–Trinajstić information content (AvgIpc) is 3.13. The number of phosphoric ester groups is 1. The Hall–Kier alpha value is -0.360. The van der Waals surface area contributed by atoms with Gasteiger partial charge in [-0.3, -0.25) is 18.5 Å². The van der Waals surface area contributed by atoms with Crippen LogP contribution in [0.4, 0.5) is 0 Å². The number of hydrogen-bond acceptors (Lipinski definition) is 13. The van der Waals surface area contributed by atoms with E-state index in [9.17, 15) is 38.5 Å². The number of H-pyrrole nitrogens is 1. The van der Waals surface area contributed by atoms with E-state index in [4.69, 9.17) is 14.5 Å². The Labute approximate surface area is 198 Å². The van der Waals surface area contributed by atoms with Crippen LogP contribution in [0.3, 0.4) is 0 Å². The Morgan fingerprint density at radius 1 is 1.12 bits per heavy atom. The first-order valence-electron chi connectivity index (χ1n) is 7.87. The summed E-state index contributed by atoms with van der Waals surface area (Å²) in [5, 5.41) is 20.3. The predicted molar refractivity (Wildman–Crippen MR) is 91.7 cm³/mol. The minimum absolute atomic E-state index is 0. The zero-order chi connectivity index (χ0) is 23.2. The summed E-state index contributed by atoms with van der Waals surface area (Å²) in [6, 6.07) is 0. The zero-order valence-electron chi connectivity index (χ0n) is 15.8. The van der Waals surface area contributed by atoms with Gasteiger partial charge in [-0.2, -0.15) is 4.31 Å². The van der Waals surface area contributed by atoms with Gasteiger partial charge < -0.3 is 39.5 Å². The number of imidazole rings is 1. The molecule has 7 atom stereocenters. The quantitative estimate of drug-likeness (QED) is 0.137. The molecular weight excluding hydrogens is 516 g/mol. The van der Waals surface area contributed by atoms with Crippen LogP contribution in [0.15, 0.2) is 17.4 Å². The van der Waals surface area contributed by atoms with Crippen LogP contribution < -0.4 is 40.0 Å². The van der Waals surface area contributed by atoms with E-state index in [2.05, 4.69) is 28.1 Å². The number of rotatable bonds is 8. The van der Waals surface area contributed by atoms with Gasteiger partial charge in [-0.25, -0.2) is 23.4 Å². The van der Waals surface area contributed by atoms with Crippen molar-refractivity contribution < 1.29 is 90.9 Å². The van der Waals surface area contributed by atoms with Gasteiger partial charge in [0.25, 0.3) is 13.4 Å². The van der Waals surface area contributed by atoms with Crippen LogP contribution in [-0.4, -0.2) is 69.3 Å². The maximum absolute atomic E-state index is 11.7. The molecule has 1 aliphatic rings. The van der Waals surface area contributed by atoms with E-state index in [0.717, 1.165) is 17.2 Å². The van der Waals surface area contributed by atoms with E-state index in [1.54, 1.807) is 0 Å². The molecule has 2 aromatic heterocycles. The molecule has 174 valence electrons. The van der Waals surface area contributed by atoms with Gasteiger partial charge in [-0.15, -0.1) is 0 Å². The smallest absolute Gasteiger partial charge is 0.756 e. The van der Waals surface area contributed by atoms with Crippen molar-refractivity contribution in [1.29, 1.82) is 0 Å². The van der Waals surface area contributed by atoms with Gasteiger partial charge in [-0.1, -0.05) is 0 Å². The predicted octanol–water partition coefficient (Wildman–Crippen LogP) is -5.55. The SMILES string of the molecule is O=c1[nH]cnc2c1ncn2[C@@H]1O[C@H](COP(=O)(O)OP(=O)(O)OP(=O)([O-])O)[C@@H](O)[C@H]1O.[Na+]. The molecule has 0 bridgehead atoms. The van der Waals surface area contributed by atoms with E-state index in [-0.39, 0.29) is 40.7 Å². The van der Waals surface area contributed by atoms with Gasteiger partial charge in [0, 0.05) is 0 Å². The fraction of sp³-hybridized carbons (Fsp3) is 0.500. The molecule has 3 heterocycles. The summed E-state index contributed by atoms with van der Waals surface area (Å²) in [5.41, 5.74) is -0.697. The topological polar surface area (TPSA) is 276 Å². The Kier molecular flexibility index (Phi) is 8.80. The summed E-state index contributed by atoms with van der Waals surface area (Å²) in [5.74, 6) is 0. The number of phosphoric acid groups is 3. The van der Waals surface area contributed by atoms with Gasteiger partial charge in [0.2, 0.25) is 0 Å². The number of aliphatic hydroxyl groups excluding tert-OH is 2. The number of hydrogen-bond donors (Lipinski definition) is 6. The van der Waals surface area contributed by atoms with E-state index < -0.39 is 60.2 Å². The van der Waals surface area contributed by atoms with Crippen LogP contribution in [0.5, 0.6) is 0 Å². The van der Waals surface area contributed by atoms with Crippen molar-refractivity contribution in [1.82, 2.24) is 19.5 Å². The van der Waals surface area contributed by atoms with Crippen LogP contribution in [-0.2, 0) is 31.6 Å². The molecule has 3 unspecified atom stereocenters. The Balaban J connectivity index is 0.00000363. The molecule has 6 N–H and O–H groups in total. The van der Waals surface area contributed by atoms with Gasteiger partial charge in [0.15, 0.2) is 17.4 Å². The minimum atomic E-state index is -5.80. The Morgan fingerprint density at radius 3 is 2.41 bits per heavy atom. The maximum atomic E-state index is 11.7. The molecule has 22 heteroatoms. The second-order valence-electron chi connectivity index (χ2n) is 5.97. The monoisotopic (exact) mass is 530 g/mol. The number of aromatic nitrogens is 4. The van der Waals surface area contributed by atoms with Crippen LogP contribution in [0.1, 0.15) is 6.23 Å². The van der Waals surface area contributed by atoms with Crippen LogP contribution in [0.2, 0.25) is 0 Å². The first-order valence-corrected chi connectivity index (χ1v) is 12.4. The molecule has 18 nitrogen and oxygen atoms in total. The van der Waals surface area contributed by atoms with Crippen LogP contribution >= 0.6 is 23.5 Å². The molecule has 0 radical (unpaired) electrons. The van der Waals surface area contributed by atoms with Gasteiger partial charge in [0.1, 0.15) is 18.3 Å². The van der Waals surface area contributed by atoms with Crippen molar-refractivity contribution in [3.05, 3.63) is 23.0 Å². The first-order chi connectivity index (χ1) is 14.2. The molecule has 0 aliphatic carbocycles. The van der Waals surface area contributed by atoms with E-state index in [0.29, 0.717) is 0 Å². The third kappa shape index (κ3) is 6.61. The molecule has 0 saturated carbocycles. The number of aliphatic hydroxyl groups is 2. The molecule has 1 aliphatic heterocycles. The standard InChI is InChI=1S/C10H15N4O14P3.Na/c15-6-4(1-25-30(21,22)28-31(23,24)27-29(18,19)20)26-10(7(6)16)14-3-13-5-8(14)11-2-12-9(5)17;/h2-4,6-7,10,15-16H,1H2,(H,21,22)(H,23,24)(H,11,12,17)(H2,18,19,20);/q;+1/p-1/t4-,6-,7-,10-;/m1./s1. The molecule has 32 heavy (non-hydrogen) atoms. The number of fused-ring (bicyclic) bond motifs is 1. The zero-order valence-corrected chi connectivity index (χ0v) is 20.4. The van der Waals surface area contributed by atoms with Crippen LogP contribution in [0, 0.1) is 0 Å². The molecule has 2 aromatic rings. The average molecular weight is 530 g/mol. The molecule has 1 saturated heterocycles. The molecule has 0 aromatic carbocycles. The van der Waals surface area contributed by atoms with Crippen molar-refractivity contribution >= 4 is 34.6 Å². The fourth-order valence-electron chi connectivity index (χ4n) is 2.61. The summed E-state index contributed by atoms with van der Waals surface area (Å²) >= 11 is 0. The number of nitrogens with one attached hydrogen (secondary N) is 1. The minimum Gasteiger partial charge on any atom is -0.756 e. The summed E-state index contributed by atoms with van der Waals surface area (Å²) < 4.78 is 51.3. The molecule has 0 amide bonds. The Bertz CT molecular complexity index is 1170. The summed E-state index contributed by atoms with van der Waals surface area (Å²) in [4.78, 5) is 59.0. The van der Waals surface area contributed by atoms with Crippen molar-refractivity contribution in [3.8, 4) is 0 Å². The third-order valence-corrected chi connectivity index (χ3v) is 7.57. The van der Waals surface area contributed by atoms with Crippen LogP contribution in [0.25, 0.3) is 11.2 Å². The summed E-state index contributed by atoms with van der Waals surface area (Å²) in [6.07, 6.45) is -4.10. The van der Waals surface area contributed by atoms with Crippen molar-refractivity contribution in [2.45, 2.75) is 24.5 Å². The van der Waals surface area contributed by atoms with Gasteiger partial charge >= 0.3 is 45.2 Å².